The van der Waals surface area contributed by atoms with Gasteiger partial charge in [0, 0.05) is 53.3 Å². The smallest absolute Gasteiger partial charge is 0.272 e. The van der Waals surface area contributed by atoms with Crippen molar-refractivity contribution in [3.63, 3.8) is 0 Å². The molecule has 2 aliphatic carbocycles. The summed E-state index contributed by atoms with van der Waals surface area (Å²) in [4.78, 5) is 31.3. The van der Waals surface area contributed by atoms with Crippen molar-refractivity contribution in [1.82, 2.24) is 40.2 Å². The molecule has 10 rings (SSSR count). The van der Waals surface area contributed by atoms with Crippen molar-refractivity contribution in [2.45, 2.75) is 96.7 Å². The molecular weight excluding hydrogens is 846 g/mol. The van der Waals surface area contributed by atoms with Gasteiger partial charge in [-0.2, -0.15) is 5.26 Å². The summed E-state index contributed by atoms with van der Waals surface area (Å²) < 4.78 is 13.9. The van der Waals surface area contributed by atoms with Crippen LogP contribution in [0, 0.1) is 55.3 Å². The van der Waals surface area contributed by atoms with Gasteiger partial charge in [0.1, 0.15) is 34.9 Å². The number of fused-ring (bicyclic) bond motifs is 3. The Morgan fingerprint density at radius 1 is 1.05 bits per heavy atom. The molecule has 4 aliphatic rings. The fourth-order valence-electron chi connectivity index (χ4n) is 9.69. The van der Waals surface area contributed by atoms with Crippen LogP contribution in [0.2, 0.25) is 5.02 Å². The molecule has 2 saturated carbocycles. The van der Waals surface area contributed by atoms with Crippen LogP contribution in [0.15, 0.2) is 70.5 Å². The van der Waals surface area contributed by atoms with E-state index in [2.05, 4.69) is 71.9 Å². The van der Waals surface area contributed by atoms with Gasteiger partial charge in [0.2, 0.25) is 0 Å². The van der Waals surface area contributed by atoms with Crippen molar-refractivity contribution < 1.29 is 13.9 Å². The molecule has 14 nitrogen and oxygen atoms in total. The lowest BCUT2D eigenvalue weighted by atomic mass is 9.58. The van der Waals surface area contributed by atoms with Crippen molar-refractivity contribution in [2.75, 3.05) is 18.0 Å². The van der Waals surface area contributed by atoms with Crippen LogP contribution in [0.3, 0.4) is 0 Å². The molecule has 324 valence electrons. The summed E-state index contributed by atoms with van der Waals surface area (Å²) in [5.74, 6) is 10.7. The minimum Gasteiger partial charge on any atom is -0.490 e. The molecule has 16 heteroatoms. The predicted octanol–water partition coefficient (Wildman–Crippen LogP) is 8.26. The van der Waals surface area contributed by atoms with Gasteiger partial charge in [-0.15, -0.1) is 31.7 Å². The van der Waals surface area contributed by atoms with Crippen LogP contribution in [0.4, 0.5) is 5.82 Å². The number of aliphatic imine (C=N–C) groups is 1. The Morgan fingerprint density at radius 2 is 1.91 bits per heavy atom. The molecule has 0 radical (unpaired) electrons. The lowest BCUT2D eigenvalue weighted by Gasteiger charge is -2.51. The third-order valence-corrected chi connectivity index (χ3v) is 14.6. The zero-order valence-electron chi connectivity index (χ0n) is 35.8. The van der Waals surface area contributed by atoms with E-state index in [1.54, 1.807) is 48.1 Å². The van der Waals surface area contributed by atoms with E-state index in [0.29, 0.717) is 40.3 Å². The standard InChI is InChI=1S/C48H46ClN11O3S/c1-28-29(2)64-47-43(28)44(54-40(22-42-51-18-20-62-42)45-58-55-30(3)60(45)47)38-14-7-31(26-52-38)5-6-32-23-48(24-32)17-4-19-59(27-48)41-16-15-39(56-57-41)46(61)53-34-9-12-35(13-10-34)63-36-11-8-33(25-50)37(49)21-36/h7-8,11,14-16,18,20-21,26,32,34-35,40H,4,9-10,12-13,17,19,22-24,27H2,1-3H3,(H,53,61)/t32?,34?,35?,40-,48?/m0/s1. The zero-order chi connectivity index (χ0) is 44.0. The number of thiophene rings is 1. The van der Waals surface area contributed by atoms with Gasteiger partial charge in [-0.1, -0.05) is 23.4 Å². The summed E-state index contributed by atoms with van der Waals surface area (Å²) >= 11 is 7.89. The SMILES string of the molecule is Cc1sc2c(c1C)C(c1ccc(C#CC3CC4(CCCN(c5ccc(C(=O)NC6CCC(Oc7ccc(C#N)c(Cl)c7)CC6)nn5)C4)C3)cn1)=N[C@@H](Cc1ncco1)c1nnc(C)n1-2. The number of nitriles is 1. The number of aromatic nitrogens is 7. The van der Waals surface area contributed by atoms with Crippen LogP contribution >= 0.6 is 22.9 Å². The van der Waals surface area contributed by atoms with Crippen molar-refractivity contribution in [1.29, 1.82) is 5.26 Å². The molecule has 1 amide bonds. The van der Waals surface area contributed by atoms with Gasteiger partial charge >= 0.3 is 0 Å². The number of nitrogens with zero attached hydrogens (tertiary/aromatic N) is 10. The topological polar surface area (TPSA) is 173 Å². The fourth-order valence-corrected chi connectivity index (χ4v) is 11.1. The van der Waals surface area contributed by atoms with Crippen molar-refractivity contribution in [3.05, 3.63) is 122 Å². The quantitative estimate of drug-likeness (QED) is 0.146. The molecule has 2 aliphatic heterocycles. The maximum absolute atomic E-state index is 13.2. The van der Waals surface area contributed by atoms with Gasteiger partial charge in [0.15, 0.2) is 23.2 Å². The molecule has 1 saturated heterocycles. The third kappa shape index (κ3) is 8.26. The van der Waals surface area contributed by atoms with Gasteiger partial charge in [-0.25, -0.2) is 4.98 Å². The van der Waals surface area contributed by atoms with Gasteiger partial charge in [0.05, 0.1) is 40.7 Å². The number of carbonyl (C=O) groups is 1. The number of anilines is 1. The number of rotatable bonds is 8. The van der Waals surface area contributed by atoms with E-state index in [-0.39, 0.29) is 29.5 Å². The molecular formula is C48H46ClN11O3S. The van der Waals surface area contributed by atoms with E-state index in [0.717, 1.165) is 109 Å². The van der Waals surface area contributed by atoms with E-state index in [9.17, 15) is 4.79 Å². The first-order valence-electron chi connectivity index (χ1n) is 21.8. The Kier molecular flexibility index (Phi) is 11.2. The van der Waals surface area contributed by atoms with Crippen molar-refractivity contribution >= 4 is 40.4 Å². The van der Waals surface area contributed by atoms with Crippen molar-refractivity contribution in [2.24, 2.45) is 16.3 Å². The minimum absolute atomic E-state index is 0.0255. The Hall–Kier alpha value is -6.42. The highest BCUT2D eigenvalue weighted by Crippen LogP contribution is 2.51. The van der Waals surface area contributed by atoms with E-state index in [1.165, 1.54) is 10.4 Å². The number of pyridine rings is 1. The van der Waals surface area contributed by atoms with Crippen molar-refractivity contribution in [3.8, 4) is 28.7 Å². The third-order valence-electron chi connectivity index (χ3n) is 13.1. The van der Waals surface area contributed by atoms with E-state index >= 15 is 0 Å². The second-order valence-corrected chi connectivity index (χ2v) is 19.1. The second-order valence-electron chi connectivity index (χ2n) is 17.5. The highest BCUT2D eigenvalue weighted by Gasteiger charge is 2.46. The van der Waals surface area contributed by atoms with E-state index in [4.69, 9.17) is 36.0 Å². The molecule has 1 atom stereocenters. The largest absolute Gasteiger partial charge is 0.490 e. The number of benzene rings is 1. The molecule has 7 heterocycles. The zero-order valence-corrected chi connectivity index (χ0v) is 37.4. The summed E-state index contributed by atoms with van der Waals surface area (Å²) in [7, 11) is 0. The first-order chi connectivity index (χ1) is 31.1. The Balaban J connectivity index is 0.743. The molecule has 0 unspecified atom stereocenters. The molecule has 0 bridgehead atoms. The fraction of sp³-hybridized carbons (Fsp3) is 0.396. The number of hydrogen-bond acceptors (Lipinski definition) is 13. The van der Waals surface area contributed by atoms with Crippen LogP contribution in [-0.4, -0.2) is 71.8 Å². The lowest BCUT2D eigenvalue weighted by molar-refractivity contribution is 0.0684. The average molecular weight is 892 g/mol. The maximum atomic E-state index is 13.2. The van der Waals surface area contributed by atoms with Crippen LogP contribution in [0.5, 0.6) is 5.75 Å². The summed E-state index contributed by atoms with van der Waals surface area (Å²) in [6, 6.07) is 14.6. The number of halogens is 1. The molecule has 64 heavy (non-hydrogen) atoms. The van der Waals surface area contributed by atoms with Gasteiger partial charge in [0.25, 0.3) is 5.91 Å². The lowest BCUT2D eigenvalue weighted by Crippen LogP contribution is -2.50. The summed E-state index contributed by atoms with van der Waals surface area (Å²) in [6.45, 7) is 8.06. The number of carbonyl (C=O) groups excluding carboxylic acids is 1. The molecule has 5 aromatic heterocycles. The number of amides is 1. The number of ether oxygens (including phenoxy) is 1. The van der Waals surface area contributed by atoms with Gasteiger partial charge in [-0.05, 0) is 120 Å². The summed E-state index contributed by atoms with van der Waals surface area (Å²) in [5.41, 5.74) is 5.62. The maximum Gasteiger partial charge on any atom is 0.272 e. The Labute approximate surface area is 380 Å². The molecule has 3 fully saturated rings. The predicted molar refractivity (Wildman–Crippen MR) is 242 cm³/mol. The first-order valence-corrected chi connectivity index (χ1v) is 23.0. The Morgan fingerprint density at radius 3 is 2.64 bits per heavy atom. The summed E-state index contributed by atoms with van der Waals surface area (Å²) in [6.07, 6.45) is 13.1. The van der Waals surface area contributed by atoms with E-state index < -0.39 is 0 Å². The number of piperidine rings is 1. The van der Waals surface area contributed by atoms with Crippen LogP contribution in [-0.2, 0) is 6.42 Å². The van der Waals surface area contributed by atoms with Crippen LogP contribution in [0.1, 0.15) is 118 Å². The van der Waals surface area contributed by atoms with Gasteiger partial charge in [-0.3, -0.25) is 19.3 Å². The average Bonchev–Trinajstić information content (AvgIpc) is 4.01. The molecule has 6 aromatic rings. The summed E-state index contributed by atoms with van der Waals surface area (Å²) in [5, 5.41) is 31.6. The molecule has 1 spiro atoms. The van der Waals surface area contributed by atoms with Crippen LogP contribution < -0.4 is 15.0 Å². The number of aryl methyl sites for hydroxylation is 2. The highest BCUT2D eigenvalue weighted by molar-refractivity contribution is 7.15. The molecule has 1 N–H and O–H groups in total. The molecule has 1 aromatic carbocycles. The van der Waals surface area contributed by atoms with E-state index in [1.807, 2.05) is 31.3 Å². The minimum atomic E-state index is -0.358. The second kappa shape index (κ2) is 17.3. The normalized spacial score (nSPS) is 22.5. The first kappa shape index (κ1) is 41.6. The number of hydrogen-bond donors (Lipinski definition) is 1. The number of nitrogens with one attached hydrogen (secondary N) is 1. The Bertz CT molecular complexity index is 2840. The number of oxazole rings is 1. The van der Waals surface area contributed by atoms with Gasteiger partial charge < -0.3 is 19.4 Å². The van der Waals surface area contributed by atoms with Crippen LogP contribution in [0.25, 0.3) is 5.00 Å². The highest BCUT2D eigenvalue weighted by atomic mass is 35.5. The monoisotopic (exact) mass is 891 g/mol.